The van der Waals surface area contributed by atoms with Crippen molar-refractivity contribution in [2.75, 3.05) is 40.3 Å². The second kappa shape index (κ2) is 9.31. The van der Waals surface area contributed by atoms with Crippen molar-refractivity contribution in [1.29, 1.82) is 0 Å². The molecule has 0 aliphatic heterocycles. The first-order chi connectivity index (χ1) is 9.08. The van der Waals surface area contributed by atoms with Crippen molar-refractivity contribution in [2.24, 2.45) is 0 Å². The van der Waals surface area contributed by atoms with Crippen LogP contribution in [0.3, 0.4) is 0 Å². The van der Waals surface area contributed by atoms with Gasteiger partial charge in [0, 0.05) is 11.0 Å². The molecule has 0 bridgehead atoms. The largest absolute Gasteiger partial charge is 0.491 e. The maximum absolute atomic E-state index is 9.77. The Bertz CT molecular complexity index is 344. The fourth-order valence-corrected chi connectivity index (χ4v) is 1.84. The highest BCUT2D eigenvalue weighted by molar-refractivity contribution is 9.10. The summed E-state index contributed by atoms with van der Waals surface area (Å²) in [6.45, 7) is 2.83. The summed E-state index contributed by atoms with van der Waals surface area (Å²) in [6.07, 6.45) is 0.593. The van der Waals surface area contributed by atoms with Crippen LogP contribution in [0, 0.1) is 0 Å². The van der Waals surface area contributed by atoms with E-state index in [2.05, 4.69) is 40.2 Å². The molecule has 0 fully saturated rings. The van der Waals surface area contributed by atoms with Crippen molar-refractivity contribution in [3.8, 4) is 5.75 Å². The molecule has 108 valence electrons. The number of hydrogen-bond acceptors (Lipinski definition) is 4. The molecule has 0 saturated heterocycles. The van der Waals surface area contributed by atoms with Gasteiger partial charge < -0.3 is 20.1 Å². The molecule has 0 heterocycles. The van der Waals surface area contributed by atoms with Crippen molar-refractivity contribution < 1.29 is 9.84 Å². The SMILES string of the molecule is CN(C)CCCNCC(O)COc1ccc(Br)cc1. The number of aliphatic hydroxyl groups excluding tert-OH is 1. The summed E-state index contributed by atoms with van der Waals surface area (Å²) in [6, 6.07) is 7.59. The van der Waals surface area contributed by atoms with Crippen molar-refractivity contribution in [3.63, 3.8) is 0 Å². The van der Waals surface area contributed by atoms with Crippen LogP contribution in [0.25, 0.3) is 0 Å². The predicted octanol–water partition coefficient (Wildman–Crippen LogP) is 1.73. The van der Waals surface area contributed by atoms with Gasteiger partial charge in [-0.3, -0.25) is 0 Å². The smallest absolute Gasteiger partial charge is 0.119 e. The van der Waals surface area contributed by atoms with Gasteiger partial charge in [-0.25, -0.2) is 0 Å². The highest BCUT2D eigenvalue weighted by atomic mass is 79.9. The highest BCUT2D eigenvalue weighted by Gasteiger charge is 2.04. The molecule has 0 aliphatic carbocycles. The molecule has 4 nitrogen and oxygen atoms in total. The zero-order valence-corrected chi connectivity index (χ0v) is 13.2. The van der Waals surface area contributed by atoms with Crippen LogP contribution in [0.15, 0.2) is 28.7 Å². The standard InChI is InChI=1S/C14H23BrN2O2/c1-17(2)9-3-8-16-10-13(18)11-19-14-6-4-12(15)5-7-14/h4-7,13,16,18H,3,8-11H2,1-2H3. The van der Waals surface area contributed by atoms with Gasteiger partial charge in [-0.1, -0.05) is 15.9 Å². The summed E-state index contributed by atoms with van der Waals surface area (Å²) in [5.74, 6) is 0.773. The molecule has 0 radical (unpaired) electrons. The number of nitrogens with one attached hydrogen (secondary N) is 1. The monoisotopic (exact) mass is 330 g/mol. The molecule has 5 heteroatoms. The zero-order valence-electron chi connectivity index (χ0n) is 11.6. The Balaban J connectivity index is 2.07. The zero-order chi connectivity index (χ0) is 14.1. The van der Waals surface area contributed by atoms with E-state index in [-0.39, 0.29) is 0 Å². The summed E-state index contributed by atoms with van der Waals surface area (Å²) >= 11 is 3.37. The number of halogens is 1. The van der Waals surface area contributed by atoms with E-state index in [4.69, 9.17) is 4.74 Å². The molecule has 1 rings (SSSR count). The maximum atomic E-state index is 9.77. The van der Waals surface area contributed by atoms with Crippen LogP contribution < -0.4 is 10.1 Å². The lowest BCUT2D eigenvalue weighted by molar-refractivity contribution is 0.106. The average Bonchev–Trinajstić information content (AvgIpc) is 2.37. The molecule has 19 heavy (non-hydrogen) atoms. The molecule has 0 saturated carbocycles. The molecular formula is C14H23BrN2O2. The van der Waals surface area contributed by atoms with E-state index in [9.17, 15) is 5.11 Å². The Kier molecular flexibility index (Phi) is 8.05. The summed E-state index contributed by atoms with van der Waals surface area (Å²) in [7, 11) is 4.11. The fraction of sp³-hybridized carbons (Fsp3) is 0.571. The minimum Gasteiger partial charge on any atom is -0.491 e. The number of aliphatic hydroxyl groups is 1. The minimum absolute atomic E-state index is 0.308. The number of nitrogens with zero attached hydrogens (tertiary/aromatic N) is 1. The van der Waals surface area contributed by atoms with Gasteiger partial charge in [-0.15, -0.1) is 0 Å². The van der Waals surface area contributed by atoms with Gasteiger partial charge in [-0.05, 0) is 57.9 Å². The average molecular weight is 331 g/mol. The number of rotatable bonds is 9. The molecular weight excluding hydrogens is 308 g/mol. The van der Waals surface area contributed by atoms with Crippen LogP contribution in [0.2, 0.25) is 0 Å². The second-order valence-electron chi connectivity index (χ2n) is 4.78. The quantitative estimate of drug-likeness (QED) is 0.677. The first-order valence-corrected chi connectivity index (χ1v) is 7.29. The van der Waals surface area contributed by atoms with E-state index in [1.165, 1.54) is 0 Å². The molecule has 1 aromatic carbocycles. The Morgan fingerprint density at radius 2 is 2.00 bits per heavy atom. The fourth-order valence-electron chi connectivity index (χ4n) is 1.57. The molecule has 0 spiro atoms. The van der Waals surface area contributed by atoms with Crippen molar-refractivity contribution >= 4 is 15.9 Å². The Morgan fingerprint density at radius 1 is 1.32 bits per heavy atom. The molecule has 0 amide bonds. The molecule has 2 N–H and O–H groups in total. The van der Waals surface area contributed by atoms with E-state index in [1.807, 2.05) is 24.3 Å². The van der Waals surface area contributed by atoms with Gasteiger partial charge in [-0.2, -0.15) is 0 Å². The maximum Gasteiger partial charge on any atom is 0.119 e. The van der Waals surface area contributed by atoms with Crippen molar-refractivity contribution in [3.05, 3.63) is 28.7 Å². The highest BCUT2D eigenvalue weighted by Crippen LogP contribution is 2.16. The van der Waals surface area contributed by atoms with Gasteiger partial charge in [0.2, 0.25) is 0 Å². The van der Waals surface area contributed by atoms with Gasteiger partial charge in [0.1, 0.15) is 18.5 Å². The Morgan fingerprint density at radius 3 is 2.63 bits per heavy atom. The molecule has 0 aromatic heterocycles. The minimum atomic E-state index is -0.483. The van der Waals surface area contributed by atoms with Gasteiger partial charge in [0.05, 0.1) is 0 Å². The van der Waals surface area contributed by atoms with Gasteiger partial charge >= 0.3 is 0 Å². The first-order valence-electron chi connectivity index (χ1n) is 6.50. The summed E-state index contributed by atoms with van der Waals surface area (Å²) in [4.78, 5) is 2.15. The lowest BCUT2D eigenvalue weighted by Gasteiger charge is -2.14. The molecule has 1 unspecified atom stereocenters. The number of benzene rings is 1. The molecule has 1 aromatic rings. The molecule has 1 atom stereocenters. The normalized spacial score (nSPS) is 12.7. The van der Waals surface area contributed by atoms with Crippen LogP contribution in [-0.4, -0.2) is 56.4 Å². The Labute approximate surface area is 123 Å². The van der Waals surface area contributed by atoms with Crippen LogP contribution in [-0.2, 0) is 0 Å². The molecule has 0 aliphatic rings. The number of hydrogen-bond donors (Lipinski definition) is 2. The van der Waals surface area contributed by atoms with Crippen LogP contribution in [0.1, 0.15) is 6.42 Å². The third-order valence-electron chi connectivity index (χ3n) is 2.59. The van der Waals surface area contributed by atoms with Gasteiger partial charge in [0.25, 0.3) is 0 Å². The Hall–Kier alpha value is -0.620. The third-order valence-corrected chi connectivity index (χ3v) is 3.12. The first kappa shape index (κ1) is 16.4. The van der Waals surface area contributed by atoms with E-state index >= 15 is 0 Å². The third kappa shape index (κ3) is 8.21. The van der Waals surface area contributed by atoms with Crippen LogP contribution in [0.4, 0.5) is 0 Å². The topological polar surface area (TPSA) is 44.7 Å². The lowest BCUT2D eigenvalue weighted by atomic mass is 10.3. The van der Waals surface area contributed by atoms with Crippen molar-refractivity contribution in [1.82, 2.24) is 10.2 Å². The summed E-state index contributed by atoms with van der Waals surface area (Å²) in [5.41, 5.74) is 0. The van der Waals surface area contributed by atoms with E-state index in [0.717, 1.165) is 29.7 Å². The van der Waals surface area contributed by atoms with Gasteiger partial charge in [0.15, 0.2) is 0 Å². The van der Waals surface area contributed by atoms with Crippen LogP contribution >= 0.6 is 15.9 Å². The summed E-state index contributed by atoms with van der Waals surface area (Å²) in [5, 5.41) is 13.0. The van der Waals surface area contributed by atoms with Crippen LogP contribution in [0.5, 0.6) is 5.75 Å². The summed E-state index contributed by atoms with van der Waals surface area (Å²) < 4.78 is 6.52. The number of ether oxygens (including phenoxy) is 1. The lowest BCUT2D eigenvalue weighted by Crippen LogP contribution is -2.32. The van der Waals surface area contributed by atoms with E-state index in [0.29, 0.717) is 13.2 Å². The second-order valence-corrected chi connectivity index (χ2v) is 5.70. The van der Waals surface area contributed by atoms with Crippen molar-refractivity contribution in [2.45, 2.75) is 12.5 Å². The van der Waals surface area contributed by atoms with E-state index in [1.54, 1.807) is 0 Å². The van der Waals surface area contributed by atoms with E-state index < -0.39 is 6.10 Å². The predicted molar refractivity (Wildman–Crippen MR) is 81.7 cm³/mol.